The standard InChI is InChI=1S/C12H12N2O4/c15-10-6-7-11(16)14(10)18-12(17)13-8-9-4-2-1-3-5-9/h1-7,15-16H,8H2,(H,13,17). The third kappa shape index (κ3) is 2.73. The molecule has 1 heterocycles. The second-order valence-corrected chi connectivity index (χ2v) is 3.56. The summed E-state index contributed by atoms with van der Waals surface area (Å²) >= 11 is 0. The molecule has 0 saturated heterocycles. The summed E-state index contributed by atoms with van der Waals surface area (Å²) in [6.07, 6.45) is -0.777. The molecule has 0 unspecified atom stereocenters. The highest BCUT2D eigenvalue weighted by molar-refractivity contribution is 5.67. The van der Waals surface area contributed by atoms with Gasteiger partial charge in [-0.15, -0.1) is 4.73 Å². The van der Waals surface area contributed by atoms with Crippen LogP contribution in [-0.2, 0) is 6.54 Å². The number of hydrogen-bond acceptors (Lipinski definition) is 4. The predicted octanol–water partition coefficient (Wildman–Crippen LogP) is 1.24. The van der Waals surface area contributed by atoms with Crippen molar-refractivity contribution in [3.63, 3.8) is 0 Å². The molecule has 0 aliphatic rings. The van der Waals surface area contributed by atoms with Gasteiger partial charge < -0.3 is 20.4 Å². The monoisotopic (exact) mass is 248 g/mol. The van der Waals surface area contributed by atoms with Gasteiger partial charge in [0.15, 0.2) is 0 Å². The largest absolute Gasteiger partial charge is 0.492 e. The van der Waals surface area contributed by atoms with E-state index in [1.54, 1.807) is 0 Å². The lowest BCUT2D eigenvalue weighted by atomic mass is 10.2. The van der Waals surface area contributed by atoms with Crippen molar-refractivity contribution in [1.29, 1.82) is 0 Å². The Kier molecular flexibility index (Phi) is 3.38. The summed E-state index contributed by atoms with van der Waals surface area (Å²) < 4.78 is 0.625. The number of carbonyl (C=O) groups is 1. The number of nitrogens with one attached hydrogen (secondary N) is 1. The van der Waals surface area contributed by atoms with Crippen LogP contribution in [0.3, 0.4) is 0 Å². The van der Waals surface area contributed by atoms with E-state index in [1.807, 2.05) is 30.3 Å². The fraction of sp³-hybridized carbons (Fsp3) is 0.0833. The Labute approximate surface area is 103 Å². The summed E-state index contributed by atoms with van der Waals surface area (Å²) in [4.78, 5) is 16.1. The molecule has 2 aromatic rings. The molecule has 3 N–H and O–H groups in total. The van der Waals surface area contributed by atoms with E-state index in [4.69, 9.17) is 4.84 Å². The van der Waals surface area contributed by atoms with Crippen molar-refractivity contribution in [1.82, 2.24) is 10.0 Å². The molecule has 0 spiro atoms. The van der Waals surface area contributed by atoms with Gasteiger partial charge in [0.2, 0.25) is 11.8 Å². The van der Waals surface area contributed by atoms with E-state index in [0.717, 1.165) is 5.56 Å². The molecule has 94 valence electrons. The molecule has 18 heavy (non-hydrogen) atoms. The lowest BCUT2D eigenvalue weighted by molar-refractivity contribution is 0.108. The number of aromatic nitrogens is 1. The molecule has 1 amide bonds. The molecule has 6 nitrogen and oxygen atoms in total. The van der Waals surface area contributed by atoms with Crippen LogP contribution in [0.5, 0.6) is 11.8 Å². The van der Waals surface area contributed by atoms with Gasteiger partial charge in [0.25, 0.3) is 0 Å². The summed E-state index contributed by atoms with van der Waals surface area (Å²) in [6, 6.07) is 11.7. The molecule has 0 fully saturated rings. The summed E-state index contributed by atoms with van der Waals surface area (Å²) in [5, 5.41) is 21.0. The van der Waals surface area contributed by atoms with Gasteiger partial charge in [0.05, 0.1) is 0 Å². The summed E-state index contributed by atoms with van der Waals surface area (Å²) in [7, 11) is 0. The third-order valence-corrected chi connectivity index (χ3v) is 2.25. The SMILES string of the molecule is O=C(NCc1ccccc1)On1c(O)ccc1O. The summed E-state index contributed by atoms with van der Waals surface area (Å²) in [5.74, 6) is -0.718. The van der Waals surface area contributed by atoms with E-state index in [0.29, 0.717) is 11.3 Å². The first-order valence-corrected chi connectivity index (χ1v) is 5.26. The smallest absolute Gasteiger partial charge is 0.432 e. The van der Waals surface area contributed by atoms with Gasteiger partial charge in [-0.25, -0.2) is 4.79 Å². The first-order chi connectivity index (χ1) is 8.66. The van der Waals surface area contributed by atoms with Crippen molar-refractivity contribution in [3.05, 3.63) is 48.0 Å². The van der Waals surface area contributed by atoms with Crippen LogP contribution < -0.4 is 10.2 Å². The quantitative estimate of drug-likeness (QED) is 0.763. The van der Waals surface area contributed by atoms with Gasteiger partial charge in [0, 0.05) is 18.7 Å². The fourth-order valence-electron chi connectivity index (χ4n) is 1.38. The van der Waals surface area contributed by atoms with Gasteiger partial charge in [-0.1, -0.05) is 30.3 Å². The van der Waals surface area contributed by atoms with Gasteiger partial charge in [-0.3, -0.25) is 0 Å². The number of hydrogen-bond donors (Lipinski definition) is 3. The van der Waals surface area contributed by atoms with Crippen LogP contribution >= 0.6 is 0 Å². The van der Waals surface area contributed by atoms with Gasteiger partial charge in [0.1, 0.15) is 0 Å². The van der Waals surface area contributed by atoms with E-state index >= 15 is 0 Å². The molecule has 0 saturated carbocycles. The van der Waals surface area contributed by atoms with E-state index in [-0.39, 0.29) is 11.8 Å². The molecule has 0 radical (unpaired) electrons. The van der Waals surface area contributed by atoms with Crippen LogP contribution in [0.1, 0.15) is 5.56 Å². The highest BCUT2D eigenvalue weighted by Crippen LogP contribution is 2.18. The van der Waals surface area contributed by atoms with Crippen LogP contribution in [-0.4, -0.2) is 21.0 Å². The molecule has 2 rings (SSSR count). The number of rotatable bonds is 3. The van der Waals surface area contributed by atoms with E-state index in [1.165, 1.54) is 12.1 Å². The van der Waals surface area contributed by atoms with Crippen molar-refractivity contribution in [2.24, 2.45) is 0 Å². The maximum absolute atomic E-state index is 11.4. The fourth-order valence-corrected chi connectivity index (χ4v) is 1.38. The van der Waals surface area contributed by atoms with Gasteiger partial charge >= 0.3 is 6.09 Å². The van der Waals surface area contributed by atoms with Crippen LogP contribution in [0.15, 0.2) is 42.5 Å². The third-order valence-electron chi connectivity index (χ3n) is 2.25. The molecule has 0 aliphatic heterocycles. The van der Waals surface area contributed by atoms with E-state index < -0.39 is 6.09 Å². The van der Waals surface area contributed by atoms with Crippen molar-refractivity contribution >= 4 is 6.09 Å². The first-order valence-electron chi connectivity index (χ1n) is 5.26. The normalized spacial score (nSPS) is 10.0. The zero-order valence-electron chi connectivity index (χ0n) is 9.41. The van der Waals surface area contributed by atoms with Crippen molar-refractivity contribution in [2.75, 3.05) is 0 Å². The second kappa shape index (κ2) is 5.13. The van der Waals surface area contributed by atoms with Crippen LogP contribution in [0, 0.1) is 0 Å². The molecule has 1 aromatic carbocycles. The molecule has 0 bridgehead atoms. The number of amides is 1. The summed E-state index contributed by atoms with van der Waals surface area (Å²) in [5.41, 5.74) is 0.912. The zero-order chi connectivity index (χ0) is 13.0. The highest BCUT2D eigenvalue weighted by atomic mass is 16.7. The summed E-state index contributed by atoms with van der Waals surface area (Å²) in [6.45, 7) is 0.294. The maximum atomic E-state index is 11.4. The average molecular weight is 248 g/mol. The Bertz CT molecular complexity index is 517. The Morgan fingerprint density at radius 3 is 2.33 bits per heavy atom. The molecular weight excluding hydrogens is 236 g/mol. The molecule has 6 heteroatoms. The van der Waals surface area contributed by atoms with E-state index in [9.17, 15) is 15.0 Å². The molecular formula is C12H12N2O4. The lowest BCUT2D eigenvalue weighted by Gasteiger charge is -2.08. The first kappa shape index (κ1) is 11.8. The van der Waals surface area contributed by atoms with Crippen LogP contribution in [0.25, 0.3) is 0 Å². The maximum Gasteiger partial charge on any atom is 0.432 e. The van der Waals surface area contributed by atoms with E-state index in [2.05, 4.69) is 5.32 Å². The van der Waals surface area contributed by atoms with Gasteiger partial charge in [-0.2, -0.15) is 0 Å². The van der Waals surface area contributed by atoms with Crippen molar-refractivity contribution < 1.29 is 19.8 Å². The zero-order valence-corrected chi connectivity index (χ0v) is 9.41. The molecule has 0 atom stereocenters. The van der Waals surface area contributed by atoms with Gasteiger partial charge in [-0.05, 0) is 5.56 Å². The molecule has 1 aromatic heterocycles. The van der Waals surface area contributed by atoms with Crippen molar-refractivity contribution in [2.45, 2.75) is 6.54 Å². The van der Waals surface area contributed by atoms with Crippen molar-refractivity contribution in [3.8, 4) is 11.8 Å². The van der Waals surface area contributed by atoms with Crippen LogP contribution in [0.4, 0.5) is 4.79 Å². The average Bonchev–Trinajstić information content (AvgIpc) is 2.69. The highest BCUT2D eigenvalue weighted by Gasteiger charge is 2.11. The number of nitrogens with zero attached hydrogens (tertiary/aromatic N) is 1. The molecule has 0 aliphatic carbocycles. The number of aromatic hydroxyl groups is 2. The minimum atomic E-state index is -0.777. The Morgan fingerprint density at radius 2 is 1.72 bits per heavy atom. The van der Waals surface area contributed by atoms with Crippen LogP contribution in [0.2, 0.25) is 0 Å². The Hall–Kier alpha value is -2.63. The number of carbonyl (C=O) groups excluding carboxylic acids is 1. The lowest BCUT2D eigenvalue weighted by Crippen LogP contribution is -2.31. The Balaban J connectivity index is 1.90. The minimum absolute atomic E-state index is 0.294. The number of benzene rings is 1. The second-order valence-electron chi connectivity index (χ2n) is 3.56. The Morgan fingerprint density at radius 1 is 1.11 bits per heavy atom. The predicted molar refractivity (Wildman–Crippen MR) is 63.0 cm³/mol. The minimum Gasteiger partial charge on any atom is -0.492 e. The topological polar surface area (TPSA) is 83.7 Å².